The van der Waals surface area contributed by atoms with E-state index in [0.29, 0.717) is 22.5 Å². The van der Waals surface area contributed by atoms with E-state index in [1.807, 2.05) is 0 Å². The Balaban J connectivity index is 1.82. The molecule has 1 amide bonds. The number of non-ortho nitro benzene ring substituents is 1. The van der Waals surface area contributed by atoms with E-state index in [4.69, 9.17) is 0 Å². The van der Waals surface area contributed by atoms with Gasteiger partial charge in [0.25, 0.3) is 15.7 Å². The smallest absolute Gasteiger partial charge is 0.271 e. The number of hydrogen-bond acceptors (Lipinski definition) is 5. The fourth-order valence-corrected chi connectivity index (χ4v) is 4.01. The van der Waals surface area contributed by atoms with Crippen molar-refractivity contribution in [3.05, 3.63) is 57.6 Å². The topological polar surface area (TPSA) is 118 Å². The molecule has 0 aromatic heterocycles. The molecule has 3 rings (SSSR count). The van der Waals surface area contributed by atoms with Gasteiger partial charge in [-0.25, -0.2) is 8.42 Å². The van der Waals surface area contributed by atoms with Gasteiger partial charge in [0, 0.05) is 29.4 Å². The minimum absolute atomic E-state index is 0.0361. The largest absolute Gasteiger partial charge is 0.326 e. The molecule has 27 heavy (non-hydrogen) atoms. The Hall–Kier alpha value is -2.94. The fourth-order valence-electron chi connectivity index (χ4n) is 2.61. The molecule has 1 aliphatic carbocycles. The Bertz CT molecular complexity index is 1010. The summed E-state index contributed by atoms with van der Waals surface area (Å²) in [6, 6.07) is 8.65. The van der Waals surface area contributed by atoms with E-state index in [2.05, 4.69) is 10.0 Å². The van der Waals surface area contributed by atoms with Crippen LogP contribution in [0, 0.1) is 29.9 Å². The minimum atomic E-state index is -4.00. The number of carbonyl (C=O) groups excluding carboxylic acids is 1. The Labute approximate surface area is 156 Å². The first-order valence-corrected chi connectivity index (χ1v) is 9.85. The van der Waals surface area contributed by atoms with Crippen LogP contribution in [0.4, 0.5) is 17.1 Å². The summed E-state index contributed by atoms with van der Waals surface area (Å²) in [5.74, 6) is 0.0364. The third kappa shape index (κ3) is 4.25. The van der Waals surface area contributed by atoms with Crippen LogP contribution in [-0.4, -0.2) is 19.2 Å². The molecule has 1 saturated carbocycles. The van der Waals surface area contributed by atoms with E-state index in [-0.39, 0.29) is 22.4 Å². The quantitative estimate of drug-likeness (QED) is 0.580. The maximum Gasteiger partial charge on any atom is 0.271 e. The van der Waals surface area contributed by atoms with Crippen molar-refractivity contribution in [2.24, 2.45) is 5.92 Å². The average molecular weight is 389 g/mol. The van der Waals surface area contributed by atoms with E-state index in [1.54, 1.807) is 26.0 Å². The molecular formula is C18H19N3O5S. The van der Waals surface area contributed by atoms with E-state index < -0.39 is 14.9 Å². The first-order valence-electron chi connectivity index (χ1n) is 8.37. The van der Waals surface area contributed by atoms with Gasteiger partial charge < -0.3 is 5.32 Å². The molecule has 1 fully saturated rings. The van der Waals surface area contributed by atoms with E-state index in [1.165, 1.54) is 18.2 Å². The Kier molecular flexibility index (Phi) is 4.88. The van der Waals surface area contributed by atoms with E-state index in [9.17, 15) is 23.3 Å². The molecule has 0 spiro atoms. The number of hydrogen-bond donors (Lipinski definition) is 2. The third-order valence-electron chi connectivity index (χ3n) is 4.46. The molecule has 1 aliphatic rings. The van der Waals surface area contributed by atoms with Crippen LogP contribution in [0.2, 0.25) is 0 Å². The number of amides is 1. The van der Waals surface area contributed by atoms with Crippen molar-refractivity contribution in [2.75, 3.05) is 10.0 Å². The summed E-state index contributed by atoms with van der Waals surface area (Å²) >= 11 is 0. The van der Waals surface area contributed by atoms with Gasteiger partial charge in [0.1, 0.15) is 0 Å². The number of anilines is 2. The number of nitro benzene ring substituents is 1. The highest BCUT2D eigenvalue weighted by Crippen LogP contribution is 2.31. The predicted octanol–water partition coefficient (Wildman–Crippen LogP) is 3.36. The highest BCUT2D eigenvalue weighted by atomic mass is 32.2. The van der Waals surface area contributed by atoms with Gasteiger partial charge in [0.05, 0.1) is 9.82 Å². The summed E-state index contributed by atoms with van der Waals surface area (Å²) in [5.41, 5.74) is 1.56. The number of nitrogens with one attached hydrogen (secondary N) is 2. The molecule has 142 valence electrons. The number of aryl methyl sites for hydroxylation is 1. The number of nitro groups is 1. The van der Waals surface area contributed by atoms with Crippen LogP contribution in [0.5, 0.6) is 0 Å². The molecule has 0 radical (unpaired) electrons. The molecule has 0 aliphatic heterocycles. The number of benzene rings is 2. The summed E-state index contributed by atoms with van der Waals surface area (Å²) in [6.07, 6.45) is 1.79. The van der Waals surface area contributed by atoms with Gasteiger partial charge in [-0.3, -0.25) is 19.6 Å². The van der Waals surface area contributed by atoms with Crippen LogP contribution in [0.3, 0.4) is 0 Å². The molecule has 2 aromatic carbocycles. The summed E-state index contributed by atoms with van der Waals surface area (Å²) < 4.78 is 27.8. The van der Waals surface area contributed by atoms with E-state index >= 15 is 0 Å². The van der Waals surface area contributed by atoms with Crippen molar-refractivity contribution in [1.82, 2.24) is 0 Å². The Morgan fingerprint density at radius 1 is 1.11 bits per heavy atom. The molecule has 0 bridgehead atoms. The summed E-state index contributed by atoms with van der Waals surface area (Å²) in [5, 5.41) is 13.8. The zero-order valence-electron chi connectivity index (χ0n) is 14.9. The maximum absolute atomic E-state index is 12.7. The summed E-state index contributed by atoms with van der Waals surface area (Å²) in [7, 11) is -4.00. The lowest BCUT2D eigenvalue weighted by Crippen LogP contribution is -2.16. The lowest BCUT2D eigenvalue weighted by atomic mass is 10.1. The molecule has 2 aromatic rings. The molecular weight excluding hydrogens is 370 g/mol. The molecule has 9 heteroatoms. The number of nitrogens with zero attached hydrogens (tertiary/aromatic N) is 1. The van der Waals surface area contributed by atoms with Gasteiger partial charge in [-0.1, -0.05) is 0 Å². The summed E-state index contributed by atoms with van der Waals surface area (Å²) in [4.78, 5) is 22.0. The second-order valence-corrected chi connectivity index (χ2v) is 8.24. The Morgan fingerprint density at radius 3 is 2.26 bits per heavy atom. The van der Waals surface area contributed by atoms with Crippen molar-refractivity contribution in [3.8, 4) is 0 Å². The zero-order valence-corrected chi connectivity index (χ0v) is 15.7. The van der Waals surface area contributed by atoms with E-state index in [0.717, 1.165) is 18.9 Å². The molecule has 0 heterocycles. The predicted molar refractivity (Wildman–Crippen MR) is 101 cm³/mol. The van der Waals surface area contributed by atoms with Crippen molar-refractivity contribution in [1.29, 1.82) is 0 Å². The van der Waals surface area contributed by atoms with Crippen molar-refractivity contribution in [3.63, 3.8) is 0 Å². The molecule has 2 N–H and O–H groups in total. The van der Waals surface area contributed by atoms with Gasteiger partial charge in [0.15, 0.2) is 0 Å². The van der Waals surface area contributed by atoms with Gasteiger partial charge >= 0.3 is 0 Å². The molecule has 0 saturated heterocycles. The van der Waals surface area contributed by atoms with Crippen molar-refractivity contribution < 1.29 is 18.1 Å². The van der Waals surface area contributed by atoms with Crippen LogP contribution in [0.1, 0.15) is 24.0 Å². The highest BCUT2D eigenvalue weighted by molar-refractivity contribution is 7.92. The third-order valence-corrected chi connectivity index (χ3v) is 5.97. The number of rotatable bonds is 6. The molecule has 0 unspecified atom stereocenters. The lowest BCUT2D eigenvalue weighted by Gasteiger charge is -2.12. The molecule has 0 atom stereocenters. The second kappa shape index (κ2) is 6.99. The SMILES string of the molecule is Cc1cc([N+](=O)[O-])cc(S(=O)(=O)Nc2ccc(NC(=O)C3CC3)cc2)c1C. The standard InChI is InChI=1S/C18H19N3O5S/c1-11-9-16(21(23)24)10-17(12(11)2)27(25,26)20-15-7-5-14(6-8-15)19-18(22)13-3-4-13/h5-10,13,20H,3-4H2,1-2H3,(H,19,22). The zero-order chi connectivity index (χ0) is 19.8. The lowest BCUT2D eigenvalue weighted by molar-refractivity contribution is -0.385. The number of carbonyl (C=O) groups is 1. The van der Waals surface area contributed by atoms with Crippen LogP contribution < -0.4 is 10.0 Å². The van der Waals surface area contributed by atoms with Gasteiger partial charge in [-0.15, -0.1) is 0 Å². The van der Waals surface area contributed by atoms with Crippen LogP contribution in [0.15, 0.2) is 41.3 Å². The normalized spacial score (nSPS) is 13.9. The van der Waals surface area contributed by atoms with Crippen LogP contribution in [0.25, 0.3) is 0 Å². The average Bonchev–Trinajstić information content (AvgIpc) is 3.43. The number of sulfonamides is 1. The van der Waals surface area contributed by atoms with Crippen molar-refractivity contribution in [2.45, 2.75) is 31.6 Å². The van der Waals surface area contributed by atoms with Gasteiger partial charge in [0.2, 0.25) is 5.91 Å². The van der Waals surface area contributed by atoms with Gasteiger partial charge in [-0.2, -0.15) is 0 Å². The van der Waals surface area contributed by atoms with Crippen LogP contribution >= 0.6 is 0 Å². The second-order valence-electron chi connectivity index (χ2n) is 6.59. The molecule has 8 nitrogen and oxygen atoms in total. The highest BCUT2D eigenvalue weighted by Gasteiger charge is 2.29. The Morgan fingerprint density at radius 2 is 1.70 bits per heavy atom. The summed E-state index contributed by atoms with van der Waals surface area (Å²) in [6.45, 7) is 3.23. The minimum Gasteiger partial charge on any atom is -0.326 e. The monoisotopic (exact) mass is 389 g/mol. The fraction of sp³-hybridized carbons (Fsp3) is 0.278. The maximum atomic E-state index is 12.7. The van der Waals surface area contributed by atoms with Crippen LogP contribution in [-0.2, 0) is 14.8 Å². The van der Waals surface area contributed by atoms with Crippen molar-refractivity contribution >= 4 is 33.0 Å². The first kappa shape index (κ1) is 18.8. The first-order chi connectivity index (χ1) is 12.7. The van der Waals surface area contributed by atoms with Gasteiger partial charge in [-0.05, 0) is 62.1 Å².